The predicted molar refractivity (Wildman–Crippen MR) is 130 cm³/mol. The summed E-state index contributed by atoms with van der Waals surface area (Å²) in [5.74, 6) is 0.758. The number of hydrogen-bond donors (Lipinski definition) is 1. The number of carbonyl (C=O) groups is 1. The van der Waals surface area contributed by atoms with Crippen molar-refractivity contribution in [1.29, 1.82) is 0 Å². The van der Waals surface area contributed by atoms with Gasteiger partial charge in [-0.25, -0.2) is 0 Å². The van der Waals surface area contributed by atoms with E-state index < -0.39 is 4.92 Å². The summed E-state index contributed by atoms with van der Waals surface area (Å²) < 4.78 is 16.7. The molecule has 180 valence electrons. The lowest BCUT2D eigenvalue weighted by Crippen LogP contribution is -2.39. The number of non-ortho nitro benzene ring substituents is 1. The Morgan fingerprint density at radius 2 is 1.83 bits per heavy atom. The number of rotatable bonds is 7. The average molecular weight is 476 g/mol. The van der Waals surface area contributed by atoms with Gasteiger partial charge in [0, 0.05) is 37.5 Å². The molecule has 0 saturated carbocycles. The van der Waals surface area contributed by atoms with Crippen molar-refractivity contribution in [3.63, 3.8) is 0 Å². The number of nitro groups is 1. The number of nitro benzene ring substituents is 1. The summed E-state index contributed by atoms with van der Waals surface area (Å²) in [6.45, 7) is 0.942. The zero-order valence-electron chi connectivity index (χ0n) is 19.4. The first-order valence-electron chi connectivity index (χ1n) is 11.2. The van der Waals surface area contributed by atoms with Crippen LogP contribution in [0.15, 0.2) is 54.6 Å². The van der Waals surface area contributed by atoms with Gasteiger partial charge in [-0.15, -0.1) is 0 Å². The van der Waals surface area contributed by atoms with Gasteiger partial charge < -0.3 is 24.4 Å². The highest BCUT2D eigenvalue weighted by atomic mass is 16.6. The molecule has 0 spiro atoms. The highest BCUT2D eigenvalue weighted by molar-refractivity contribution is 6.12. The summed E-state index contributed by atoms with van der Waals surface area (Å²) in [4.78, 5) is 26.3. The number of hydrogen-bond acceptors (Lipinski definition) is 7. The minimum atomic E-state index is -0.439. The Bertz CT molecular complexity index is 1310. The van der Waals surface area contributed by atoms with Gasteiger partial charge in [-0.05, 0) is 41.3 Å². The van der Waals surface area contributed by atoms with Gasteiger partial charge in [-0.3, -0.25) is 14.9 Å². The number of nitrogens with zero attached hydrogens (tertiary/aromatic N) is 2. The first-order valence-corrected chi connectivity index (χ1v) is 11.2. The number of para-hydroxylation sites is 1. The number of nitrogens with one attached hydrogen (secondary N) is 1. The molecule has 1 amide bonds. The fourth-order valence-corrected chi connectivity index (χ4v) is 4.75. The molecule has 2 aliphatic rings. The molecule has 1 atom stereocenters. The minimum absolute atomic E-state index is 0.0201. The van der Waals surface area contributed by atoms with Crippen LogP contribution in [-0.2, 0) is 24.4 Å². The number of amides is 1. The normalized spacial score (nSPS) is 16.0. The van der Waals surface area contributed by atoms with Gasteiger partial charge in [-0.2, -0.15) is 0 Å². The first kappa shape index (κ1) is 22.7. The molecular formula is C26H25N3O6. The predicted octanol–water partition coefficient (Wildman–Crippen LogP) is 4.33. The molecule has 0 fully saturated rings. The molecule has 9 heteroatoms. The third-order valence-electron chi connectivity index (χ3n) is 6.31. The van der Waals surface area contributed by atoms with Crippen molar-refractivity contribution in [2.45, 2.75) is 25.7 Å². The SMILES string of the molecule is COCc1cc(COc2cc3c(cc2OC)C(=O)N2c4ccccc4C[C@H]2CN3)cc([N+](=O)[O-])c1. The van der Waals surface area contributed by atoms with Crippen LogP contribution in [0.4, 0.5) is 17.1 Å². The van der Waals surface area contributed by atoms with E-state index in [1.165, 1.54) is 26.4 Å². The van der Waals surface area contributed by atoms with Crippen molar-refractivity contribution in [1.82, 2.24) is 0 Å². The highest BCUT2D eigenvalue weighted by Crippen LogP contribution is 2.40. The molecular weight excluding hydrogens is 450 g/mol. The van der Waals surface area contributed by atoms with Crippen LogP contribution in [0.3, 0.4) is 0 Å². The molecule has 2 aliphatic heterocycles. The summed E-state index contributed by atoms with van der Waals surface area (Å²) in [5, 5.41) is 14.7. The molecule has 2 heterocycles. The van der Waals surface area contributed by atoms with Gasteiger partial charge in [0.1, 0.15) is 6.61 Å². The van der Waals surface area contributed by atoms with Crippen molar-refractivity contribution in [3.8, 4) is 11.5 Å². The van der Waals surface area contributed by atoms with Gasteiger partial charge in [0.2, 0.25) is 0 Å². The summed E-state index contributed by atoms with van der Waals surface area (Å²) in [7, 11) is 3.05. The van der Waals surface area contributed by atoms with E-state index in [0.29, 0.717) is 40.4 Å². The van der Waals surface area contributed by atoms with E-state index in [1.54, 1.807) is 18.2 Å². The van der Waals surface area contributed by atoms with E-state index in [0.717, 1.165) is 17.7 Å². The van der Waals surface area contributed by atoms with E-state index >= 15 is 0 Å². The molecule has 35 heavy (non-hydrogen) atoms. The molecule has 0 saturated heterocycles. The van der Waals surface area contributed by atoms with Crippen LogP contribution in [0, 0.1) is 10.1 Å². The monoisotopic (exact) mass is 475 g/mol. The average Bonchev–Trinajstić information content (AvgIpc) is 3.18. The van der Waals surface area contributed by atoms with Crippen molar-refractivity contribution in [3.05, 3.63) is 87.0 Å². The maximum Gasteiger partial charge on any atom is 0.270 e. The Morgan fingerprint density at radius 1 is 1.06 bits per heavy atom. The smallest absolute Gasteiger partial charge is 0.270 e. The molecule has 1 N–H and O–H groups in total. The zero-order chi connectivity index (χ0) is 24.5. The van der Waals surface area contributed by atoms with E-state index in [9.17, 15) is 14.9 Å². The van der Waals surface area contributed by atoms with E-state index in [-0.39, 0.29) is 30.9 Å². The second kappa shape index (κ2) is 9.27. The fraction of sp³-hybridized carbons (Fsp3) is 0.269. The van der Waals surface area contributed by atoms with E-state index in [1.807, 2.05) is 23.1 Å². The Morgan fingerprint density at radius 3 is 2.57 bits per heavy atom. The zero-order valence-corrected chi connectivity index (χ0v) is 19.4. The van der Waals surface area contributed by atoms with Crippen LogP contribution in [0.25, 0.3) is 0 Å². The van der Waals surface area contributed by atoms with Crippen molar-refractivity contribution < 1.29 is 23.9 Å². The highest BCUT2D eigenvalue weighted by Gasteiger charge is 2.37. The molecule has 3 aromatic carbocycles. The molecule has 0 unspecified atom stereocenters. The fourth-order valence-electron chi connectivity index (χ4n) is 4.75. The van der Waals surface area contributed by atoms with Crippen LogP contribution in [0.2, 0.25) is 0 Å². The van der Waals surface area contributed by atoms with E-state index in [4.69, 9.17) is 14.2 Å². The molecule has 9 nitrogen and oxygen atoms in total. The van der Waals surface area contributed by atoms with Gasteiger partial charge >= 0.3 is 0 Å². The van der Waals surface area contributed by atoms with Gasteiger partial charge in [0.05, 0.1) is 35.9 Å². The molecule has 5 rings (SSSR count). The molecule has 0 bridgehead atoms. The third kappa shape index (κ3) is 4.26. The lowest BCUT2D eigenvalue weighted by molar-refractivity contribution is -0.385. The van der Waals surface area contributed by atoms with Crippen LogP contribution in [0.1, 0.15) is 27.0 Å². The lowest BCUT2D eigenvalue weighted by atomic mass is 10.1. The Kier molecular flexibility index (Phi) is 6.00. The minimum Gasteiger partial charge on any atom is -0.493 e. The number of ether oxygens (including phenoxy) is 3. The Labute approximate surface area is 202 Å². The van der Waals surface area contributed by atoms with Crippen LogP contribution >= 0.6 is 0 Å². The third-order valence-corrected chi connectivity index (χ3v) is 6.31. The number of fused-ring (bicyclic) bond motifs is 4. The lowest BCUT2D eigenvalue weighted by Gasteiger charge is -2.22. The number of methoxy groups -OCH3 is 2. The molecule has 0 aromatic heterocycles. The van der Waals surface area contributed by atoms with Gasteiger partial charge in [0.25, 0.3) is 11.6 Å². The second-order valence-electron chi connectivity index (χ2n) is 8.58. The van der Waals surface area contributed by atoms with Gasteiger partial charge in [0.15, 0.2) is 11.5 Å². The van der Waals surface area contributed by atoms with Crippen LogP contribution < -0.4 is 19.7 Å². The number of carbonyl (C=O) groups excluding carboxylic acids is 1. The Hall–Kier alpha value is -4.11. The second-order valence-corrected chi connectivity index (χ2v) is 8.58. The molecule has 0 aliphatic carbocycles. The topological polar surface area (TPSA) is 103 Å². The maximum absolute atomic E-state index is 13.6. The van der Waals surface area contributed by atoms with Crippen molar-refractivity contribution >= 4 is 23.0 Å². The summed E-state index contributed by atoms with van der Waals surface area (Å²) in [6, 6.07) is 16.2. The van der Waals surface area contributed by atoms with Crippen LogP contribution in [-0.4, -0.2) is 37.6 Å². The van der Waals surface area contributed by atoms with Gasteiger partial charge in [-0.1, -0.05) is 18.2 Å². The van der Waals surface area contributed by atoms with Crippen LogP contribution in [0.5, 0.6) is 11.5 Å². The number of benzene rings is 3. The largest absolute Gasteiger partial charge is 0.493 e. The maximum atomic E-state index is 13.6. The molecule has 3 aromatic rings. The summed E-state index contributed by atoms with van der Waals surface area (Å²) in [5.41, 5.74) is 4.55. The number of anilines is 2. The Balaban J connectivity index is 1.44. The molecule has 0 radical (unpaired) electrons. The summed E-state index contributed by atoms with van der Waals surface area (Å²) in [6.07, 6.45) is 0.792. The standard InChI is InChI=1S/C26H25N3O6/c1-33-14-16-7-17(9-19(8-16)29(31)32)15-35-25-12-22-21(11-24(25)34-2)26(30)28-20(13-27-22)10-18-5-3-4-6-23(18)28/h3-9,11-12,20,27H,10,13-15H2,1-2H3/t20-/m0/s1. The summed E-state index contributed by atoms with van der Waals surface area (Å²) >= 11 is 0. The van der Waals surface area contributed by atoms with Crippen molar-refractivity contribution in [2.24, 2.45) is 0 Å². The van der Waals surface area contributed by atoms with E-state index in [2.05, 4.69) is 11.4 Å². The quantitative estimate of drug-likeness (QED) is 0.401. The van der Waals surface area contributed by atoms with Crippen molar-refractivity contribution in [2.75, 3.05) is 31.0 Å². The first-order chi connectivity index (χ1) is 17.0.